The molecule has 9 nitrogen and oxygen atoms in total. The summed E-state index contributed by atoms with van der Waals surface area (Å²) in [6.45, 7) is 3.57. The number of benzene rings is 2. The number of tetrazole rings is 1. The minimum atomic E-state index is -0.107. The van der Waals surface area contributed by atoms with Gasteiger partial charge in [-0.15, -0.1) is 5.10 Å². The van der Waals surface area contributed by atoms with Gasteiger partial charge in [-0.25, -0.2) is 4.68 Å². The first-order valence-corrected chi connectivity index (χ1v) is 12.3. The molecule has 0 spiro atoms. The third-order valence-electron chi connectivity index (χ3n) is 7.29. The predicted octanol–water partition coefficient (Wildman–Crippen LogP) is 3.73. The molecule has 0 N–H and O–H groups in total. The third kappa shape index (κ3) is 4.77. The molecule has 0 amide bonds. The number of hydrogen-bond acceptors (Lipinski definition) is 8. The average Bonchev–Trinajstić information content (AvgIpc) is 3.62. The van der Waals surface area contributed by atoms with E-state index < -0.39 is 0 Å². The van der Waals surface area contributed by atoms with E-state index in [2.05, 4.69) is 48.2 Å². The second-order valence-corrected chi connectivity index (χ2v) is 9.15. The van der Waals surface area contributed by atoms with Crippen LogP contribution >= 0.6 is 0 Å². The second-order valence-electron chi connectivity index (χ2n) is 9.15. The first-order chi connectivity index (χ1) is 17.2. The lowest BCUT2D eigenvalue weighted by Crippen LogP contribution is -2.48. The lowest BCUT2D eigenvalue weighted by atomic mass is 10.0. The molecule has 0 unspecified atom stereocenters. The summed E-state index contributed by atoms with van der Waals surface area (Å²) in [5.74, 6) is 3.31. The van der Waals surface area contributed by atoms with Gasteiger partial charge in [0, 0.05) is 43.5 Å². The van der Waals surface area contributed by atoms with Crippen LogP contribution in [-0.2, 0) is 0 Å². The Morgan fingerprint density at radius 2 is 1.51 bits per heavy atom. The van der Waals surface area contributed by atoms with Gasteiger partial charge in [-0.3, -0.25) is 4.90 Å². The molecule has 2 aromatic carbocycles. The summed E-state index contributed by atoms with van der Waals surface area (Å²) >= 11 is 0. The molecule has 35 heavy (non-hydrogen) atoms. The first-order valence-electron chi connectivity index (χ1n) is 12.3. The Hall–Kier alpha value is -3.33. The normalized spacial score (nSPS) is 18.0. The van der Waals surface area contributed by atoms with Crippen LogP contribution in [0.25, 0.3) is 0 Å². The highest BCUT2D eigenvalue weighted by Crippen LogP contribution is 2.39. The Morgan fingerprint density at radius 3 is 2.17 bits per heavy atom. The Balaban J connectivity index is 1.45. The van der Waals surface area contributed by atoms with E-state index >= 15 is 0 Å². The average molecular weight is 479 g/mol. The number of hydrogen-bond donors (Lipinski definition) is 0. The van der Waals surface area contributed by atoms with E-state index in [4.69, 9.17) is 14.2 Å². The van der Waals surface area contributed by atoms with E-state index in [0.717, 1.165) is 67.7 Å². The van der Waals surface area contributed by atoms with Crippen LogP contribution in [0.4, 0.5) is 5.69 Å². The van der Waals surface area contributed by atoms with Crippen molar-refractivity contribution in [1.82, 2.24) is 25.1 Å². The highest BCUT2D eigenvalue weighted by molar-refractivity contribution is 5.50. The zero-order valence-electron chi connectivity index (χ0n) is 20.8. The summed E-state index contributed by atoms with van der Waals surface area (Å²) in [4.78, 5) is 4.89. The summed E-state index contributed by atoms with van der Waals surface area (Å²) in [6, 6.07) is 14.5. The lowest BCUT2D eigenvalue weighted by molar-refractivity contribution is 0.194. The summed E-state index contributed by atoms with van der Waals surface area (Å²) in [5.41, 5.74) is 2.26. The van der Waals surface area contributed by atoms with Crippen molar-refractivity contribution in [2.75, 3.05) is 52.4 Å². The largest absolute Gasteiger partial charge is 0.497 e. The number of aromatic nitrogens is 4. The van der Waals surface area contributed by atoms with E-state index in [1.807, 2.05) is 24.3 Å². The van der Waals surface area contributed by atoms with Gasteiger partial charge in [0.2, 0.25) is 0 Å². The quantitative estimate of drug-likeness (QED) is 0.485. The van der Waals surface area contributed by atoms with E-state index in [0.29, 0.717) is 6.04 Å². The van der Waals surface area contributed by atoms with Gasteiger partial charge in [-0.2, -0.15) is 0 Å². The molecule has 1 saturated heterocycles. The van der Waals surface area contributed by atoms with Gasteiger partial charge in [0.25, 0.3) is 0 Å². The van der Waals surface area contributed by atoms with Gasteiger partial charge in [0.05, 0.1) is 27.4 Å². The molecule has 1 aromatic heterocycles. The van der Waals surface area contributed by atoms with Gasteiger partial charge >= 0.3 is 0 Å². The monoisotopic (exact) mass is 478 g/mol. The SMILES string of the molecule is COc1ccc(N2CCN([C@H](c3ccc(OC)cc3OC)c3nnnn3C3CCCC3)CC2)cc1. The van der Waals surface area contributed by atoms with Crippen molar-refractivity contribution in [2.45, 2.75) is 37.8 Å². The number of rotatable bonds is 8. The molecule has 1 saturated carbocycles. The summed E-state index contributed by atoms with van der Waals surface area (Å²) in [7, 11) is 5.07. The molecule has 2 heterocycles. The number of nitrogens with zero attached hydrogens (tertiary/aromatic N) is 6. The maximum Gasteiger partial charge on any atom is 0.173 e. The smallest absolute Gasteiger partial charge is 0.173 e. The lowest BCUT2D eigenvalue weighted by Gasteiger charge is -2.40. The van der Waals surface area contributed by atoms with E-state index in [1.165, 1.54) is 18.5 Å². The van der Waals surface area contributed by atoms with Crippen molar-refractivity contribution in [3.63, 3.8) is 0 Å². The van der Waals surface area contributed by atoms with Gasteiger partial charge in [0.15, 0.2) is 5.82 Å². The van der Waals surface area contributed by atoms with Crippen molar-refractivity contribution in [2.24, 2.45) is 0 Å². The molecule has 2 aliphatic rings. The topological polar surface area (TPSA) is 77.8 Å². The molecule has 1 aliphatic carbocycles. The maximum atomic E-state index is 5.83. The molecule has 2 fully saturated rings. The molecule has 5 rings (SSSR count). The Kier molecular flexibility index (Phi) is 7.03. The van der Waals surface area contributed by atoms with Gasteiger partial charge in [-0.1, -0.05) is 12.8 Å². The summed E-state index contributed by atoms with van der Waals surface area (Å²) in [5, 5.41) is 13.1. The Morgan fingerprint density at radius 1 is 0.829 bits per heavy atom. The zero-order chi connectivity index (χ0) is 24.2. The summed E-state index contributed by atoms with van der Waals surface area (Å²) in [6.07, 6.45) is 4.69. The van der Waals surface area contributed by atoms with Crippen LogP contribution < -0.4 is 19.1 Å². The van der Waals surface area contributed by atoms with Crippen LogP contribution in [-0.4, -0.2) is 72.6 Å². The molecule has 1 atom stereocenters. The molecule has 9 heteroatoms. The standard InChI is InChI=1S/C26H34N6O3/c1-33-21-10-8-19(9-11-21)30-14-16-31(17-15-30)25(23-13-12-22(34-2)18-24(23)35-3)26-27-28-29-32(26)20-6-4-5-7-20/h8-13,18,20,25H,4-7,14-17H2,1-3H3/t25-/m1/s1. The molecule has 186 valence electrons. The zero-order valence-corrected chi connectivity index (χ0v) is 20.8. The van der Waals surface area contributed by atoms with Gasteiger partial charge in [-0.05, 0) is 59.7 Å². The summed E-state index contributed by atoms with van der Waals surface area (Å²) < 4.78 is 18.7. The van der Waals surface area contributed by atoms with Crippen LogP contribution in [0.1, 0.15) is 49.2 Å². The van der Waals surface area contributed by atoms with Crippen molar-refractivity contribution >= 4 is 5.69 Å². The number of ether oxygens (including phenoxy) is 3. The van der Waals surface area contributed by atoms with Crippen molar-refractivity contribution < 1.29 is 14.2 Å². The fourth-order valence-corrected chi connectivity index (χ4v) is 5.36. The predicted molar refractivity (Wildman–Crippen MR) is 133 cm³/mol. The Labute approximate surface area is 206 Å². The molecule has 3 aromatic rings. The van der Waals surface area contributed by atoms with Crippen LogP contribution in [0.2, 0.25) is 0 Å². The number of anilines is 1. The van der Waals surface area contributed by atoms with Crippen molar-refractivity contribution in [3.05, 3.63) is 53.9 Å². The van der Waals surface area contributed by atoms with Gasteiger partial charge < -0.3 is 19.1 Å². The van der Waals surface area contributed by atoms with Gasteiger partial charge in [0.1, 0.15) is 23.3 Å². The maximum absolute atomic E-state index is 5.83. The first kappa shape index (κ1) is 23.4. The van der Waals surface area contributed by atoms with Crippen LogP contribution in [0.15, 0.2) is 42.5 Å². The molecule has 1 aliphatic heterocycles. The molecule has 0 radical (unpaired) electrons. The number of methoxy groups -OCH3 is 3. The highest BCUT2D eigenvalue weighted by atomic mass is 16.5. The number of piperazine rings is 1. The van der Waals surface area contributed by atoms with Crippen molar-refractivity contribution in [1.29, 1.82) is 0 Å². The Bertz CT molecular complexity index is 1100. The fourth-order valence-electron chi connectivity index (χ4n) is 5.36. The second kappa shape index (κ2) is 10.5. The third-order valence-corrected chi connectivity index (χ3v) is 7.29. The van der Waals surface area contributed by atoms with E-state index in [9.17, 15) is 0 Å². The highest BCUT2D eigenvalue weighted by Gasteiger charge is 2.34. The van der Waals surface area contributed by atoms with Crippen molar-refractivity contribution in [3.8, 4) is 17.2 Å². The van der Waals surface area contributed by atoms with Crippen LogP contribution in [0.5, 0.6) is 17.2 Å². The van der Waals surface area contributed by atoms with E-state index in [-0.39, 0.29) is 6.04 Å². The molecule has 0 bridgehead atoms. The fraction of sp³-hybridized carbons (Fsp3) is 0.500. The molecular weight excluding hydrogens is 444 g/mol. The van der Waals surface area contributed by atoms with Crippen LogP contribution in [0.3, 0.4) is 0 Å². The minimum absolute atomic E-state index is 0.107. The molecular formula is C26H34N6O3. The van der Waals surface area contributed by atoms with E-state index in [1.54, 1.807) is 21.3 Å². The van der Waals surface area contributed by atoms with Crippen LogP contribution in [0, 0.1) is 0 Å². The minimum Gasteiger partial charge on any atom is -0.497 e.